The number of hydrogen-bond acceptors (Lipinski definition) is 4. The minimum atomic E-state index is -0.391. The highest BCUT2D eigenvalue weighted by atomic mass is 35.5. The highest BCUT2D eigenvalue weighted by Crippen LogP contribution is 2.20. The summed E-state index contributed by atoms with van der Waals surface area (Å²) >= 11 is 6.03. The molecule has 1 aromatic carbocycles. The molecule has 2 aliphatic rings. The average molecular weight is 352 g/mol. The van der Waals surface area contributed by atoms with E-state index in [4.69, 9.17) is 16.3 Å². The van der Waals surface area contributed by atoms with Gasteiger partial charge < -0.3 is 19.9 Å². The van der Waals surface area contributed by atoms with Crippen molar-refractivity contribution in [3.05, 3.63) is 29.3 Å². The molecule has 2 amide bonds. The van der Waals surface area contributed by atoms with Crippen LogP contribution in [0.5, 0.6) is 0 Å². The molecule has 130 valence electrons. The summed E-state index contributed by atoms with van der Waals surface area (Å²) < 4.78 is 5.31. The number of rotatable bonds is 4. The van der Waals surface area contributed by atoms with E-state index in [1.54, 1.807) is 4.90 Å². The van der Waals surface area contributed by atoms with Crippen LogP contribution in [0.3, 0.4) is 0 Å². The molecule has 0 spiro atoms. The molecule has 1 aromatic rings. The number of piperazine rings is 1. The molecule has 0 aliphatic carbocycles. The van der Waals surface area contributed by atoms with Crippen LogP contribution in [-0.2, 0) is 14.3 Å². The fourth-order valence-electron chi connectivity index (χ4n) is 3.06. The van der Waals surface area contributed by atoms with Crippen LogP contribution in [0.25, 0.3) is 0 Å². The Labute approximate surface area is 146 Å². The molecular weight excluding hydrogens is 330 g/mol. The van der Waals surface area contributed by atoms with Gasteiger partial charge in [-0.1, -0.05) is 17.7 Å². The minimum Gasteiger partial charge on any atom is -0.368 e. The lowest BCUT2D eigenvalue weighted by Gasteiger charge is -2.36. The SMILES string of the molecule is O=C(NCC(=O)N1CCN(c2cccc(Cl)c2)CC1)C1CCCO1. The number of hydrogen-bond donors (Lipinski definition) is 1. The highest BCUT2D eigenvalue weighted by molar-refractivity contribution is 6.30. The maximum Gasteiger partial charge on any atom is 0.249 e. The highest BCUT2D eigenvalue weighted by Gasteiger charge is 2.25. The van der Waals surface area contributed by atoms with Gasteiger partial charge in [-0.25, -0.2) is 0 Å². The Hall–Kier alpha value is -1.79. The number of nitrogens with zero attached hydrogens (tertiary/aromatic N) is 2. The molecule has 6 nitrogen and oxygen atoms in total. The molecule has 2 saturated heterocycles. The summed E-state index contributed by atoms with van der Waals surface area (Å²) in [5.41, 5.74) is 1.07. The number of benzene rings is 1. The van der Waals surface area contributed by atoms with E-state index in [-0.39, 0.29) is 18.4 Å². The van der Waals surface area contributed by atoms with Crippen molar-refractivity contribution in [3.63, 3.8) is 0 Å². The largest absolute Gasteiger partial charge is 0.368 e. The summed E-state index contributed by atoms with van der Waals surface area (Å²) in [7, 11) is 0. The minimum absolute atomic E-state index is 0.0376. The van der Waals surface area contributed by atoms with E-state index in [2.05, 4.69) is 10.2 Å². The van der Waals surface area contributed by atoms with Crippen molar-refractivity contribution in [2.75, 3.05) is 44.2 Å². The van der Waals surface area contributed by atoms with Gasteiger partial charge in [0.1, 0.15) is 6.10 Å². The van der Waals surface area contributed by atoms with Crippen molar-refractivity contribution in [2.45, 2.75) is 18.9 Å². The van der Waals surface area contributed by atoms with Crippen LogP contribution in [-0.4, -0.2) is 62.1 Å². The molecule has 0 saturated carbocycles. The third-order valence-electron chi connectivity index (χ3n) is 4.44. The van der Waals surface area contributed by atoms with Crippen molar-refractivity contribution in [1.82, 2.24) is 10.2 Å². The van der Waals surface area contributed by atoms with E-state index in [0.29, 0.717) is 24.7 Å². The van der Waals surface area contributed by atoms with Crippen LogP contribution < -0.4 is 10.2 Å². The van der Waals surface area contributed by atoms with E-state index in [0.717, 1.165) is 31.6 Å². The number of halogens is 1. The molecule has 0 aromatic heterocycles. The zero-order valence-electron chi connectivity index (χ0n) is 13.5. The fraction of sp³-hybridized carbons (Fsp3) is 0.529. The quantitative estimate of drug-likeness (QED) is 0.887. The molecule has 1 atom stereocenters. The van der Waals surface area contributed by atoms with E-state index < -0.39 is 6.10 Å². The first-order valence-corrected chi connectivity index (χ1v) is 8.69. The van der Waals surface area contributed by atoms with Gasteiger partial charge >= 0.3 is 0 Å². The Bertz CT molecular complexity index is 596. The monoisotopic (exact) mass is 351 g/mol. The van der Waals surface area contributed by atoms with Gasteiger partial charge in [0.15, 0.2) is 0 Å². The van der Waals surface area contributed by atoms with Gasteiger partial charge in [0, 0.05) is 43.5 Å². The summed E-state index contributed by atoms with van der Waals surface area (Å²) in [6.07, 6.45) is 1.24. The molecule has 1 unspecified atom stereocenters. The maximum absolute atomic E-state index is 12.2. The molecule has 3 rings (SSSR count). The zero-order valence-corrected chi connectivity index (χ0v) is 14.3. The number of nitrogens with one attached hydrogen (secondary N) is 1. The second-order valence-corrected chi connectivity index (χ2v) is 6.50. The fourth-order valence-corrected chi connectivity index (χ4v) is 3.24. The Morgan fingerprint density at radius 1 is 1.25 bits per heavy atom. The summed E-state index contributed by atoms with van der Waals surface area (Å²) in [6, 6.07) is 7.73. The van der Waals surface area contributed by atoms with Gasteiger partial charge in [0.2, 0.25) is 11.8 Å². The third-order valence-corrected chi connectivity index (χ3v) is 4.68. The van der Waals surface area contributed by atoms with Crippen LogP contribution in [0, 0.1) is 0 Å². The molecule has 24 heavy (non-hydrogen) atoms. The van der Waals surface area contributed by atoms with Crippen molar-refractivity contribution >= 4 is 29.1 Å². The molecule has 2 aliphatic heterocycles. The van der Waals surface area contributed by atoms with Gasteiger partial charge in [-0.2, -0.15) is 0 Å². The number of anilines is 1. The lowest BCUT2D eigenvalue weighted by Crippen LogP contribution is -2.51. The molecule has 2 heterocycles. The Morgan fingerprint density at radius 3 is 2.71 bits per heavy atom. The van der Waals surface area contributed by atoms with Crippen molar-refractivity contribution in [3.8, 4) is 0 Å². The van der Waals surface area contributed by atoms with E-state index in [1.807, 2.05) is 24.3 Å². The standard InChI is InChI=1S/C17H22ClN3O3/c18-13-3-1-4-14(11-13)20-6-8-21(9-7-20)16(22)12-19-17(23)15-5-2-10-24-15/h1,3-4,11,15H,2,5-10,12H2,(H,19,23). The second kappa shape index (κ2) is 7.85. The van der Waals surface area contributed by atoms with Crippen LogP contribution >= 0.6 is 11.6 Å². The Kier molecular flexibility index (Phi) is 5.58. The molecule has 0 radical (unpaired) electrons. The molecule has 2 fully saturated rings. The van der Waals surface area contributed by atoms with E-state index in [1.165, 1.54) is 0 Å². The maximum atomic E-state index is 12.2. The number of ether oxygens (including phenoxy) is 1. The van der Waals surface area contributed by atoms with Gasteiger partial charge in [0.05, 0.1) is 6.54 Å². The van der Waals surface area contributed by atoms with Crippen LogP contribution in [0.4, 0.5) is 5.69 Å². The van der Waals surface area contributed by atoms with Gasteiger partial charge in [0.25, 0.3) is 0 Å². The number of carbonyl (C=O) groups is 2. The first-order chi connectivity index (χ1) is 11.6. The lowest BCUT2D eigenvalue weighted by molar-refractivity contribution is -0.136. The number of carbonyl (C=O) groups excluding carboxylic acids is 2. The number of amides is 2. The van der Waals surface area contributed by atoms with Crippen LogP contribution in [0.15, 0.2) is 24.3 Å². The summed E-state index contributed by atoms with van der Waals surface area (Å²) in [6.45, 7) is 3.45. The summed E-state index contributed by atoms with van der Waals surface area (Å²) in [4.78, 5) is 28.1. The Morgan fingerprint density at radius 2 is 2.04 bits per heavy atom. The van der Waals surface area contributed by atoms with Gasteiger partial charge in [-0.15, -0.1) is 0 Å². The third kappa shape index (κ3) is 4.19. The van der Waals surface area contributed by atoms with Crippen LogP contribution in [0.1, 0.15) is 12.8 Å². The predicted octanol–water partition coefficient (Wildman–Crippen LogP) is 1.28. The second-order valence-electron chi connectivity index (χ2n) is 6.07. The molecular formula is C17H22ClN3O3. The topological polar surface area (TPSA) is 61.9 Å². The van der Waals surface area contributed by atoms with Crippen molar-refractivity contribution < 1.29 is 14.3 Å². The zero-order chi connectivity index (χ0) is 16.9. The first kappa shape index (κ1) is 17.0. The van der Waals surface area contributed by atoms with Gasteiger partial charge in [-0.3, -0.25) is 9.59 Å². The molecule has 1 N–H and O–H groups in total. The van der Waals surface area contributed by atoms with E-state index in [9.17, 15) is 9.59 Å². The summed E-state index contributed by atoms with van der Waals surface area (Å²) in [5.74, 6) is -0.231. The Balaban J connectivity index is 1.44. The summed E-state index contributed by atoms with van der Waals surface area (Å²) in [5, 5.41) is 3.40. The smallest absolute Gasteiger partial charge is 0.249 e. The first-order valence-electron chi connectivity index (χ1n) is 8.31. The van der Waals surface area contributed by atoms with Crippen molar-refractivity contribution in [2.24, 2.45) is 0 Å². The lowest BCUT2D eigenvalue weighted by atomic mass is 10.2. The average Bonchev–Trinajstić information content (AvgIpc) is 3.14. The van der Waals surface area contributed by atoms with Gasteiger partial charge in [-0.05, 0) is 31.0 Å². The molecule has 0 bridgehead atoms. The predicted molar refractivity (Wildman–Crippen MR) is 92.2 cm³/mol. The normalized spacial score (nSPS) is 21.0. The van der Waals surface area contributed by atoms with Crippen molar-refractivity contribution in [1.29, 1.82) is 0 Å². The van der Waals surface area contributed by atoms with Crippen LogP contribution in [0.2, 0.25) is 5.02 Å². The molecule has 7 heteroatoms. The van der Waals surface area contributed by atoms with E-state index >= 15 is 0 Å².